The van der Waals surface area contributed by atoms with Crippen LogP contribution >= 0.6 is 0 Å². The zero-order valence-corrected chi connectivity index (χ0v) is 13.7. The third kappa shape index (κ3) is 3.97. The molecule has 0 heterocycles. The number of rotatable bonds is 6. The fourth-order valence-electron chi connectivity index (χ4n) is 2.24. The maximum absolute atomic E-state index is 11.5. The van der Waals surface area contributed by atoms with E-state index in [0.29, 0.717) is 17.7 Å². The zero-order chi connectivity index (χ0) is 17.0. The molecule has 0 amide bonds. The van der Waals surface area contributed by atoms with Gasteiger partial charge in [0.25, 0.3) is 0 Å². The number of ether oxygens (including phenoxy) is 1. The van der Waals surface area contributed by atoms with Crippen LogP contribution in [0.1, 0.15) is 35.3 Å². The van der Waals surface area contributed by atoms with Crippen LogP contribution in [0.5, 0.6) is 11.5 Å². The first-order chi connectivity index (χ1) is 10.9. The summed E-state index contributed by atoms with van der Waals surface area (Å²) in [6.45, 7) is 3.50. The Labute approximate surface area is 137 Å². The molecule has 5 nitrogen and oxygen atoms in total. The van der Waals surface area contributed by atoms with Crippen molar-refractivity contribution in [2.24, 2.45) is 0 Å². The van der Waals surface area contributed by atoms with E-state index in [2.05, 4.69) is 0 Å². The van der Waals surface area contributed by atoms with Gasteiger partial charge in [0.2, 0.25) is 0 Å². The fraction of sp³-hybridized carbons (Fsp3) is 0.235. The van der Waals surface area contributed by atoms with Crippen molar-refractivity contribution in [1.29, 1.82) is 0 Å². The minimum absolute atomic E-state index is 0.0467. The number of Topliss-reactive ketones (excluding diaryl/α,β-unsaturated/α-hetero) is 1. The van der Waals surface area contributed by atoms with Crippen LogP contribution in [0.2, 0.25) is 0 Å². The molecule has 2 aromatic carbocycles. The van der Waals surface area contributed by atoms with Gasteiger partial charge >= 0.3 is 0 Å². The van der Waals surface area contributed by atoms with Crippen molar-refractivity contribution in [2.45, 2.75) is 31.8 Å². The number of carbonyl (C=O) groups is 1. The summed E-state index contributed by atoms with van der Waals surface area (Å²) < 4.78 is 27.3. The first-order valence-electron chi connectivity index (χ1n) is 7.10. The predicted molar refractivity (Wildman–Crippen MR) is 85.4 cm³/mol. The SMILES string of the molecule is CCc1c(OCc2ccc(S(=O)[O-])cc2)ccc(C(C)=O)c1O. The summed E-state index contributed by atoms with van der Waals surface area (Å²) in [5.74, 6) is 0.256. The Morgan fingerprint density at radius 2 is 1.87 bits per heavy atom. The number of phenols is 1. The molecule has 0 fully saturated rings. The van der Waals surface area contributed by atoms with Gasteiger partial charge in [-0.15, -0.1) is 0 Å². The number of hydrogen-bond acceptors (Lipinski definition) is 5. The van der Waals surface area contributed by atoms with E-state index >= 15 is 0 Å². The molecule has 0 saturated heterocycles. The molecular formula is C17H17O5S-. The molecule has 2 rings (SSSR count). The molecule has 1 atom stereocenters. The van der Waals surface area contributed by atoms with E-state index in [1.165, 1.54) is 25.1 Å². The molecule has 23 heavy (non-hydrogen) atoms. The van der Waals surface area contributed by atoms with E-state index in [0.717, 1.165) is 5.56 Å². The average molecular weight is 333 g/mol. The Hall–Kier alpha value is -2.18. The molecular weight excluding hydrogens is 316 g/mol. The Bertz CT molecular complexity index is 737. The van der Waals surface area contributed by atoms with E-state index < -0.39 is 11.1 Å². The van der Waals surface area contributed by atoms with Gasteiger partial charge in [-0.2, -0.15) is 0 Å². The van der Waals surface area contributed by atoms with Crippen molar-refractivity contribution in [3.8, 4) is 11.5 Å². The largest absolute Gasteiger partial charge is 0.768 e. The lowest BCUT2D eigenvalue weighted by Gasteiger charge is -2.14. The quantitative estimate of drug-likeness (QED) is 0.649. The smallest absolute Gasteiger partial charge is 0.163 e. The summed E-state index contributed by atoms with van der Waals surface area (Å²) in [5, 5.41) is 10.2. The number of hydrogen-bond donors (Lipinski definition) is 1. The normalized spacial score (nSPS) is 12.0. The molecule has 0 aliphatic rings. The van der Waals surface area contributed by atoms with E-state index in [4.69, 9.17) is 4.74 Å². The molecule has 6 heteroatoms. The highest BCUT2D eigenvalue weighted by Crippen LogP contribution is 2.32. The first kappa shape index (κ1) is 17.2. The van der Waals surface area contributed by atoms with Crippen LogP contribution in [0, 0.1) is 0 Å². The number of phenolic OH excluding ortho intramolecular Hbond substituents is 1. The van der Waals surface area contributed by atoms with Crippen molar-refractivity contribution >= 4 is 16.9 Å². The monoisotopic (exact) mass is 333 g/mol. The maximum Gasteiger partial charge on any atom is 0.163 e. The minimum atomic E-state index is -2.25. The van der Waals surface area contributed by atoms with Crippen LogP contribution in [0.15, 0.2) is 41.3 Å². The topological polar surface area (TPSA) is 86.7 Å². The third-order valence-corrected chi connectivity index (χ3v) is 4.14. The van der Waals surface area contributed by atoms with Gasteiger partial charge in [-0.3, -0.25) is 9.00 Å². The lowest BCUT2D eigenvalue weighted by Crippen LogP contribution is -2.02. The Kier molecular flexibility index (Phi) is 5.52. The summed E-state index contributed by atoms with van der Waals surface area (Å²) in [6.07, 6.45) is 0.524. The molecule has 0 aromatic heterocycles. The molecule has 0 aliphatic carbocycles. The lowest BCUT2D eigenvalue weighted by atomic mass is 10.0. The molecule has 0 spiro atoms. The lowest BCUT2D eigenvalue weighted by molar-refractivity contribution is 0.101. The Morgan fingerprint density at radius 1 is 1.22 bits per heavy atom. The molecule has 0 aliphatic heterocycles. The average Bonchev–Trinajstić information content (AvgIpc) is 2.52. The van der Waals surface area contributed by atoms with E-state index in [9.17, 15) is 18.7 Å². The molecule has 0 radical (unpaired) electrons. The van der Waals surface area contributed by atoms with Crippen molar-refractivity contribution < 1.29 is 23.4 Å². The van der Waals surface area contributed by atoms with Gasteiger partial charge < -0.3 is 14.4 Å². The van der Waals surface area contributed by atoms with Gasteiger partial charge in [0.15, 0.2) is 5.78 Å². The highest BCUT2D eigenvalue weighted by atomic mass is 32.2. The van der Waals surface area contributed by atoms with Gasteiger partial charge in [-0.25, -0.2) is 0 Å². The van der Waals surface area contributed by atoms with E-state index in [1.807, 2.05) is 6.92 Å². The van der Waals surface area contributed by atoms with Crippen molar-refractivity contribution in [2.75, 3.05) is 0 Å². The maximum atomic E-state index is 11.5. The summed E-state index contributed by atoms with van der Waals surface area (Å²) in [7, 11) is 0. The molecule has 0 saturated carbocycles. The number of benzene rings is 2. The van der Waals surface area contributed by atoms with Gasteiger partial charge in [0.1, 0.15) is 18.1 Å². The summed E-state index contributed by atoms with van der Waals surface area (Å²) in [6, 6.07) is 9.53. The molecule has 2 aromatic rings. The van der Waals surface area contributed by atoms with Crippen LogP contribution in [-0.4, -0.2) is 19.7 Å². The van der Waals surface area contributed by atoms with Gasteiger partial charge in [0.05, 0.1) is 5.56 Å². The fourth-order valence-corrected chi connectivity index (χ4v) is 2.59. The van der Waals surface area contributed by atoms with Crippen LogP contribution < -0.4 is 4.74 Å². The predicted octanol–water partition coefficient (Wildman–Crippen LogP) is 2.97. The van der Waals surface area contributed by atoms with Gasteiger partial charge in [-0.1, -0.05) is 19.1 Å². The van der Waals surface area contributed by atoms with E-state index in [1.54, 1.807) is 18.2 Å². The van der Waals surface area contributed by atoms with Gasteiger partial charge in [-0.05, 0) is 54.3 Å². The van der Waals surface area contributed by atoms with Crippen molar-refractivity contribution in [3.05, 3.63) is 53.1 Å². The third-order valence-electron chi connectivity index (χ3n) is 3.48. The molecule has 122 valence electrons. The first-order valence-corrected chi connectivity index (χ1v) is 8.18. The van der Waals surface area contributed by atoms with Crippen LogP contribution in [0.4, 0.5) is 0 Å². The van der Waals surface area contributed by atoms with Crippen molar-refractivity contribution in [3.63, 3.8) is 0 Å². The second-order valence-electron chi connectivity index (χ2n) is 5.02. The molecule has 1 N–H and O–H groups in total. The summed E-state index contributed by atoms with van der Waals surface area (Å²) in [4.78, 5) is 11.7. The standard InChI is InChI=1S/C17H18O5S/c1-3-14-16(9-8-15(11(2)18)17(14)19)22-10-12-4-6-13(7-5-12)23(20)21/h4-9,19H,3,10H2,1-2H3,(H,20,21)/p-1. The van der Waals surface area contributed by atoms with Crippen molar-refractivity contribution in [1.82, 2.24) is 0 Å². The Morgan fingerprint density at radius 3 is 2.39 bits per heavy atom. The number of aromatic hydroxyl groups is 1. The highest BCUT2D eigenvalue weighted by Gasteiger charge is 2.15. The minimum Gasteiger partial charge on any atom is -0.768 e. The Balaban J connectivity index is 2.18. The van der Waals surface area contributed by atoms with Crippen LogP contribution in [0.3, 0.4) is 0 Å². The molecule has 1 unspecified atom stereocenters. The van der Waals surface area contributed by atoms with Crippen LogP contribution in [-0.2, 0) is 24.1 Å². The van der Waals surface area contributed by atoms with Crippen LogP contribution in [0.25, 0.3) is 0 Å². The summed E-state index contributed by atoms with van der Waals surface area (Å²) >= 11 is -2.25. The van der Waals surface area contributed by atoms with Gasteiger partial charge in [0, 0.05) is 10.5 Å². The highest BCUT2D eigenvalue weighted by molar-refractivity contribution is 7.79. The zero-order valence-electron chi connectivity index (χ0n) is 12.9. The second-order valence-corrected chi connectivity index (χ2v) is 5.96. The van der Waals surface area contributed by atoms with E-state index in [-0.39, 0.29) is 28.6 Å². The number of ketones is 1. The number of carbonyl (C=O) groups excluding carboxylic acids is 1. The molecule has 0 bridgehead atoms. The second kappa shape index (κ2) is 7.39. The summed E-state index contributed by atoms with van der Waals surface area (Å²) in [5.41, 5.74) is 1.66.